The highest BCUT2D eigenvalue weighted by Gasteiger charge is 2.34. The third kappa shape index (κ3) is 3.43. The van der Waals surface area contributed by atoms with E-state index in [0.29, 0.717) is 18.0 Å². The maximum atomic E-state index is 13.2. The molecule has 1 fully saturated rings. The smallest absolute Gasteiger partial charge is 0.243 e. The number of benzene rings is 1. The first-order valence-electron chi connectivity index (χ1n) is 9.35. The molecule has 1 saturated heterocycles. The molecule has 1 aromatic carbocycles. The highest BCUT2D eigenvalue weighted by molar-refractivity contribution is 7.89. The van der Waals surface area contributed by atoms with Gasteiger partial charge in [-0.2, -0.15) is 9.40 Å². The summed E-state index contributed by atoms with van der Waals surface area (Å²) < 4.78 is 30.0. The molecule has 0 spiro atoms. The zero-order chi connectivity index (χ0) is 18.1. The molecule has 6 nitrogen and oxygen atoms in total. The van der Waals surface area contributed by atoms with Crippen molar-refractivity contribution in [3.8, 4) is 0 Å². The van der Waals surface area contributed by atoms with E-state index in [9.17, 15) is 8.42 Å². The van der Waals surface area contributed by atoms with Crippen LogP contribution in [0.15, 0.2) is 41.4 Å². The fraction of sp³-hybridized carbons (Fsp3) is 0.526. The van der Waals surface area contributed by atoms with Crippen LogP contribution in [0.1, 0.15) is 36.6 Å². The molecule has 0 amide bonds. The summed E-state index contributed by atoms with van der Waals surface area (Å²) in [5.74, 6) is 0. The average Bonchev–Trinajstić information content (AvgIpc) is 3.31. The molecule has 0 N–H and O–H groups in total. The molecule has 0 saturated carbocycles. The Kier molecular flexibility index (Phi) is 4.86. The molecule has 140 valence electrons. The Morgan fingerprint density at radius 3 is 2.77 bits per heavy atom. The van der Waals surface area contributed by atoms with Crippen LogP contribution in [-0.2, 0) is 16.6 Å². The predicted octanol–water partition coefficient (Wildman–Crippen LogP) is 2.42. The van der Waals surface area contributed by atoms with Crippen LogP contribution in [0.2, 0.25) is 0 Å². The maximum Gasteiger partial charge on any atom is 0.243 e. The molecule has 4 rings (SSSR count). The van der Waals surface area contributed by atoms with Gasteiger partial charge >= 0.3 is 0 Å². The summed E-state index contributed by atoms with van der Waals surface area (Å²) in [5.41, 5.74) is 1.93. The van der Waals surface area contributed by atoms with Crippen LogP contribution in [0.4, 0.5) is 0 Å². The van der Waals surface area contributed by atoms with Gasteiger partial charge in [0.1, 0.15) is 0 Å². The van der Waals surface area contributed by atoms with E-state index in [1.165, 1.54) is 12.8 Å². The van der Waals surface area contributed by atoms with Gasteiger partial charge in [-0.3, -0.25) is 4.68 Å². The molecule has 2 aliphatic heterocycles. The molecule has 2 aromatic rings. The van der Waals surface area contributed by atoms with Crippen LogP contribution in [-0.4, -0.2) is 53.6 Å². The zero-order valence-electron chi connectivity index (χ0n) is 15.2. The largest absolute Gasteiger partial charge is 0.303 e. The van der Waals surface area contributed by atoms with E-state index in [2.05, 4.69) is 10.00 Å². The minimum atomic E-state index is -3.50. The number of nitrogens with zero attached hydrogens (tertiary/aromatic N) is 4. The monoisotopic (exact) mass is 374 g/mol. The minimum Gasteiger partial charge on any atom is -0.303 e. The standard InChI is InChI=1S/C19H26N4O2S/c1-16-5-4-6-19(13-16)26(24,25)22-14-17-7-9-20-23(17)18(15-22)8-12-21-10-2-3-11-21/h4-7,9,13,18H,2-3,8,10-12,14-15H2,1H3. The highest BCUT2D eigenvalue weighted by Crippen LogP contribution is 2.28. The lowest BCUT2D eigenvalue weighted by molar-refractivity contribution is 0.226. The Morgan fingerprint density at radius 1 is 1.19 bits per heavy atom. The predicted molar refractivity (Wildman–Crippen MR) is 100 cm³/mol. The number of fused-ring (bicyclic) bond motifs is 1. The molecule has 3 heterocycles. The minimum absolute atomic E-state index is 0.0916. The van der Waals surface area contributed by atoms with Crippen molar-refractivity contribution in [2.75, 3.05) is 26.2 Å². The van der Waals surface area contributed by atoms with Gasteiger partial charge in [-0.1, -0.05) is 12.1 Å². The Bertz CT molecular complexity index is 871. The van der Waals surface area contributed by atoms with Crippen molar-refractivity contribution in [1.29, 1.82) is 0 Å². The van der Waals surface area contributed by atoms with Crippen LogP contribution in [0.5, 0.6) is 0 Å². The van der Waals surface area contributed by atoms with Gasteiger partial charge in [0.25, 0.3) is 0 Å². The number of hydrogen-bond donors (Lipinski definition) is 0. The number of likely N-dealkylation sites (tertiary alicyclic amines) is 1. The fourth-order valence-corrected chi connectivity index (χ4v) is 5.57. The van der Waals surface area contributed by atoms with Gasteiger partial charge < -0.3 is 4.90 Å². The topological polar surface area (TPSA) is 58.4 Å². The second kappa shape index (κ2) is 7.13. The Morgan fingerprint density at radius 2 is 2.00 bits per heavy atom. The molecule has 7 heteroatoms. The van der Waals surface area contributed by atoms with Gasteiger partial charge in [0.15, 0.2) is 0 Å². The highest BCUT2D eigenvalue weighted by atomic mass is 32.2. The van der Waals surface area contributed by atoms with E-state index in [-0.39, 0.29) is 6.04 Å². The van der Waals surface area contributed by atoms with Crippen LogP contribution in [0, 0.1) is 6.92 Å². The number of hydrogen-bond acceptors (Lipinski definition) is 4. The van der Waals surface area contributed by atoms with Crippen molar-refractivity contribution in [2.45, 2.75) is 43.7 Å². The van der Waals surface area contributed by atoms with Crippen LogP contribution in [0.3, 0.4) is 0 Å². The van der Waals surface area contributed by atoms with Crippen molar-refractivity contribution >= 4 is 10.0 Å². The van der Waals surface area contributed by atoms with Crippen molar-refractivity contribution in [3.63, 3.8) is 0 Å². The Balaban J connectivity index is 1.56. The van der Waals surface area contributed by atoms with Crippen molar-refractivity contribution in [1.82, 2.24) is 19.0 Å². The average molecular weight is 375 g/mol. The first kappa shape index (κ1) is 17.7. The summed E-state index contributed by atoms with van der Waals surface area (Å²) in [4.78, 5) is 2.85. The van der Waals surface area contributed by atoms with Gasteiger partial charge in [0, 0.05) is 19.3 Å². The van der Waals surface area contributed by atoms with E-state index in [1.807, 2.05) is 23.7 Å². The zero-order valence-corrected chi connectivity index (χ0v) is 16.0. The Labute approximate surface area is 155 Å². The van der Waals surface area contributed by atoms with E-state index in [4.69, 9.17) is 0 Å². The normalized spacial score (nSPS) is 21.8. The Hall–Kier alpha value is -1.70. The molecule has 2 aliphatic rings. The molecule has 0 bridgehead atoms. The number of sulfonamides is 1. The van der Waals surface area contributed by atoms with Gasteiger partial charge in [0.2, 0.25) is 10.0 Å². The van der Waals surface area contributed by atoms with Gasteiger partial charge in [-0.15, -0.1) is 0 Å². The maximum absolute atomic E-state index is 13.2. The van der Waals surface area contributed by atoms with E-state index < -0.39 is 10.0 Å². The third-order valence-electron chi connectivity index (χ3n) is 5.46. The summed E-state index contributed by atoms with van der Waals surface area (Å²) in [6, 6.07) is 9.19. The van der Waals surface area contributed by atoms with Gasteiger partial charge in [-0.25, -0.2) is 8.42 Å². The lowest BCUT2D eigenvalue weighted by Gasteiger charge is -2.34. The molecule has 1 atom stereocenters. The lowest BCUT2D eigenvalue weighted by Crippen LogP contribution is -2.42. The lowest BCUT2D eigenvalue weighted by atomic mass is 10.1. The summed E-state index contributed by atoms with van der Waals surface area (Å²) in [7, 11) is -3.50. The molecular formula is C19H26N4O2S. The van der Waals surface area contributed by atoms with Crippen LogP contribution >= 0.6 is 0 Å². The SMILES string of the molecule is Cc1cccc(S(=O)(=O)N2Cc3ccnn3C(CCN3CCCC3)C2)c1. The van der Waals surface area contributed by atoms with Crippen LogP contribution < -0.4 is 0 Å². The molecule has 1 aromatic heterocycles. The first-order chi connectivity index (χ1) is 12.5. The molecule has 0 aliphatic carbocycles. The summed E-state index contributed by atoms with van der Waals surface area (Å²) >= 11 is 0. The first-order valence-corrected chi connectivity index (χ1v) is 10.8. The van der Waals surface area contributed by atoms with E-state index >= 15 is 0 Å². The van der Waals surface area contributed by atoms with Gasteiger partial charge in [-0.05, 0) is 63.0 Å². The number of aryl methyl sites for hydroxylation is 1. The van der Waals surface area contributed by atoms with Crippen LogP contribution in [0.25, 0.3) is 0 Å². The molecule has 26 heavy (non-hydrogen) atoms. The fourth-order valence-electron chi connectivity index (χ4n) is 4.01. The van der Waals surface area contributed by atoms with Crippen molar-refractivity contribution in [3.05, 3.63) is 47.8 Å². The molecule has 1 unspecified atom stereocenters. The van der Waals surface area contributed by atoms with E-state index in [0.717, 1.165) is 37.3 Å². The summed E-state index contributed by atoms with van der Waals surface area (Å²) in [6.45, 7) is 6.11. The molecular weight excluding hydrogens is 348 g/mol. The quantitative estimate of drug-likeness (QED) is 0.806. The van der Waals surface area contributed by atoms with E-state index in [1.54, 1.807) is 28.7 Å². The third-order valence-corrected chi connectivity index (χ3v) is 7.26. The van der Waals surface area contributed by atoms with Crippen molar-refractivity contribution < 1.29 is 8.42 Å². The number of aromatic nitrogens is 2. The molecule has 0 radical (unpaired) electrons. The number of rotatable bonds is 5. The summed E-state index contributed by atoms with van der Waals surface area (Å²) in [6.07, 6.45) is 5.24. The summed E-state index contributed by atoms with van der Waals surface area (Å²) in [5, 5.41) is 4.46. The van der Waals surface area contributed by atoms with Gasteiger partial charge in [0.05, 0.1) is 23.2 Å². The second-order valence-electron chi connectivity index (χ2n) is 7.37. The van der Waals surface area contributed by atoms with Crippen molar-refractivity contribution in [2.24, 2.45) is 0 Å². The second-order valence-corrected chi connectivity index (χ2v) is 9.31.